The monoisotopic (exact) mass is 275 g/mol. The zero-order valence-corrected chi connectivity index (χ0v) is 11.6. The van der Waals surface area contributed by atoms with Gasteiger partial charge < -0.3 is 5.11 Å². The normalized spacial score (nSPS) is 38.3. The molecule has 4 aliphatic rings. The zero-order chi connectivity index (χ0) is 13.7. The molecule has 0 saturated heterocycles. The molecule has 4 bridgehead atoms. The highest BCUT2D eigenvalue weighted by Gasteiger charge is 2.49. The Balaban J connectivity index is 1.58. The molecule has 4 aliphatic carbocycles. The highest BCUT2D eigenvalue weighted by atomic mass is 16.4. The maximum Gasteiger partial charge on any atom is 0.303 e. The maximum absolute atomic E-state index is 10.8. The van der Waals surface area contributed by atoms with Gasteiger partial charge in [0, 0.05) is 6.42 Å². The second-order valence-corrected chi connectivity index (χ2v) is 6.98. The number of carbonyl (C=O) groups is 1. The fourth-order valence-electron chi connectivity index (χ4n) is 5.23. The molecule has 0 spiro atoms. The Bertz CT molecular complexity index is 497. The van der Waals surface area contributed by atoms with E-state index >= 15 is 0 Å². The Hall–Kier alpha value is -1.39. The van der Waals surface area contributed by atoms with Crippen molar-refractivity contribution in [2.24, 2.45) is 23.7 Å². The summed E-state index contributed by atoms with van der Waals surface area (Å²) < 4.78 is 2.08. The van der Waals surface area contributed by atoms with E-state index in [2.05, 4.69) is 15.0 Å². The van der Waals surface area contributed by atoms with E-state index in [0.29, 0.717) is 12.5 Å². The molecule has 0 aromatic carbocycles. The summed E-state index contributed by atoms with van der Waals surface area (Å²) >= 11 is 0. The minimum Gasteiger partial charge on any atom is -0.481 e. The number of carboxylic acid groups (broad SMARTS) is 1. The molecule has 0 aliphatic heterocycles. The van der Waals surface area contributed by atoms with Crippen molar-refractivity contribution in [1.29, 1.82) is 0 Å². The summed E-state index contributed by atoms with van der Waals surface area (Å²) in [4.78, 5) is 10.8. The van der Waals surface area contributed by atoms with Crippen LogP contribution in [-0.2, 0) is 11.2 Å². The SMILES string of the molecule is O=C(O)CCc1cnnn1C1C2CC3CC(C2)CC1C3. The Morgan fingerprint density at radius 1 is 1.20 bits per heavy atom. The number of carboxylic acids is 1. The van der Waals surface area contributed by atoms with E-state index in [4.69, 9.17) is 5.11 Å². The molecule has 1 aromatic rings. The maximum atomic E-state index is 10.8. The quantitative estimate of drug-likeness (QED) is 0.915. The van der Waals surface area contributed by atoms with Crippen LogP contribution in [0.25, 0.3) is 0 Å². The van der Waals surface area contributed by atoms with Crippen LogP contribution in [0.4, 0.5) is 0 Å². The van der Waals surface area contributed by atoms with Crippen molar-refractivity contribution in [3.05, 3.63) is 11.9 Å². The molecule has 5 rings (SSSR count). The highest BCUT2D eigenvalue weighted by Crippen LogP contribution is 2.58. The lowest BCUT2D eigenvalue weighted by molar-refractivity contribution is -0.137. The van der Waals surface area contributed by atoms with Gasteiger partial charge in [0.05, 0.1) is 24.4 Å². The standard InChI is InChI=1S/C15H21N3O2/c19-14(20)2-1-13-8-16-17-18(13)15-11-4-9-3-10(6-11)7-12(15)5-9/h8-12,15H,1-7H2,(H,19,20). The van der Waals surface area contributed by atoms with Crippen molar-refractivity contribution in [3.8, 4) is 0 Å². The lowest BCUT2D eigenvalue weighted by Gasteiger charge is -2.54. The van der Waals surface area contributed by atoms with Gasteiger partial charge in [-0.15, -0.1) is 5.10 Å². The van der Waals surface area contributed by atoms with E-state index in [1.165, 1.54) is 32.1 Å². The van der Waals surface area contributed by atoms with Gasteiger partial charge in [0.15, 0.2) is 0 Å². The van der Waals surface area contributed by atoms with Crippen LogP contribution in [0.15, 0.2) is 6.20 Å². The number of aryl methyl sites for hydroxylation is 1. The van der Waals surface area contributed by atoms with Crippen LogP contribution in [0.1, 0.15) is 50.3 Å². The smallest absolute Gasteiger partial charge is 0.303 e. The van der Waals surface area contributed by atoms with E-state index in [0.717, 1.165) is 29.4 Å². The summed E-state index contributed by atoms with van der Waals surface area (Å²) in [7, 11) is 0. The second kappa shape index (κ2) is 4.57. The van der Waals surface area contributed by atoms with Crippen molar-refractivity contribution >= 4 is 5.97 Å². The average Bonchev–Trinajstić information content (AvgIpc) is 2.83. The largest absolute Gasteiger partial charge is 0.481 e. The van der Waals surface area contributed by atoms with Crippen molar-refractivity contribution < 1.29 is 9.90 Å². The molecule has 0 amide bonds. The van der Waals surface area contributed by atoms with Crippen LogP contribution in [-0.4, -0.2) is 26.1 Å². The van der Waals surface area contributed by atoms with Gasteiger partial charge in [-0.25, -0.2) is 4.68 Å². The molecular formula is C15H21N3O2. The van der Waals surface area contributed by atoms with Crippen LogP contribution in [0.3, 0.4) is 0 Å². The summed E-state index contributed by atoms with van der Waals surface area (Å²) in [6.45, 7) is 0. The van der Waals surface area contributed by atoms with E-state index in [9.17, 15) is 4.79 Å². The zero-order valence-electron chi connectivity index (χ0n) is 11.6. The molecule has 108 valence electrons. The molecular weight excluding hydrogens is 254 g/mol. The fourth-order valence-corrected chi connectivity index (χ4v) is 5.23. The molecule has 1 heterocycles. The summed E-state index contributed by atoms with van der Waals surface area (Å²) in [5, 5.41) is 17.2. The number of rotatable bonds is 4. The number of hydrogen-bond acceptors (Lipinski definition) is 3. The van der Waals surface area contributed by atoms with Gasteiger partial charge in [-0.1, -0.05) is 5.21 Å². The molecule has 1 N–H and O–H groups in total. The van der Waals surface area contributed by atoms with Gasteiger partial charge in [-0.3, -0.25) is 4.79 Å². The number of hydrogen-bond donors (Lipinski definition) is 1. The lowest BCUT2D eigenvalue weighted by atomic mass is 9.54. The summed E-state index contributed by atoms with van der Waals surface area (Å²) in [5.74, 6) is 2.63. The highest BCUT2D eigenvalue weighted by molar-refractivity contribution is 5.66. The van der Waals surface area contributed by atoms with Crippen LogP contribution in [0.2, 0.25) is 0 Å². The van der Waals surface area contributed by atoms with Gasteiger partial charge in [0.1, 0.15) is 0 Å². The molecule has 4 saturated carbocycles. The Morgan fingerprint density at radius 2 is 1.85 bits per heavy atom. The van der Waals surface area contributed by atoms with E-state index in [1.807, 2.05) is 0 Å². The lowest BCUT2D eigenvalue weighted by Crippen LogP contribution is -2.46. The molecule has 5 heteroatoms. The van der Waals surface area contributed by atoms with Crippen LogP contribution in [0, 0.1) is 23.7 Å². The molecule has 0 atom stereocenters. The third kappa shape index (κ3) is 1.95. The number of aromatic nitrogens is 3. The first-order valence-corrected chi connectivity index (χ1v) is 7.81. The van der Waals surface area contributed by atoms with Gasteiger partial charge in [-0.05, 0) is 55.8 Å². The van der Waals surface area contributed by atoms with Crippen LogP contribution < -0.4 is 0 Å². The summed E-state index contributed by atoms with van der Waals surface area (Å²) in [6, 6.07) is 0.481. The van der Waals surface area contributed by atoms with E-state index in [-0.39, 0.29) is 6.42 Å². The minimum atomic E-state index is -0.747. The first kappa shape index (κ1) is 12.4. The third-order valence-corrected chi connectivity index (χ3v) is 5.70. The number of aliphatic carboxylic acids is 1. The molecule has 1 aromatic heterocycles. The summed E-state index contributed by atoms with van der Waals surface area (Å²) in [6.07, 6.45) is 9.29. The molecule has 0 unspecified atom stereocenters. The average molecular weight is 275 g/mol. The van der Waals surface area contributed by atoms with Crippen molar-refractivity contribution in [2.75, 3.05) is 0 Å². The Kier molecular flexibility index (Phi) is 2.82. The first-order valence-electron chi connectivity index (χ1n) is 7.81. The Morgan fingerprint density at radius 3 is 2.45 bits per heavy atom. The Labute approximate surface area is 118 Å². The predicted octanol–water partition coefficient (Wildman–Crippen LogP) is 2.29. The molecule has 4 fully saturated rings. The predicted molar refractivity (Wildman–Crippen MR) is 72.1 cm³/mol. The number of nitrogens with zero attached hydrogens (tertiary/aromatic N) is 3. The molecule has 20 heavy (non-hydrogen) atoms. The topological polar surface area (TPSA) is 68.0 Å². The summed E-state index contributed by atoms with van der Waals surface area (Å²) in [5.41, 5.74) is 1.00. The van der Waals surface area contributed by atoms with Gasteiger partial charge >= 0.3 is 5.97 Å². The fraction of sp³-hybridized carbons (Fsp3) is 0.800. The molecule has 5 nitrogen and oxygen atoms in total. The van der Waals surface area contributed by atoms with Crippen molar-refractivity contribution in [2.45, 2.75) is 51.0 Å². The van der Waals surface area contributed by atoms with E-state index in [1.54, 1.807) is 6.20 Å². The van der Waals surface area contributed by atoms with Gasteiger partial charge in [0.25, 0.3) is 0 Å². The van der Waals surface area contributed by atoms with Crippen molar-refractivity contribution in [3.63, 3.8) is 0 Å². The van der Waals surface area contributed by atoms with Gasteiger partial charge in [0.2, 0.25) is 0 Å². The van der Waals surface area contributed by atoms with Crippen LogP contribution >= 0.6 is 0 Å². The minimum absolute atomic E-state index is 0.167. The second-order valence-electron chi connectivity index (χ2n) is 6.98. The van der Waals surface area contributed by atoms with Crippen molar-refractivity contribution in [1.82, 2.24) is 15.0 Å². The first-order chi connectivity index (χ1) is 9.70. The van der Waals surface area contributed by atoms with Crippen LogP contribution in [0.5, 0.6) is 0 Å². The van der Waals surface area contributed by atoms with E-state index < -0.39 is 5.97 Å². The van der Waals surface area contributed by atoms with Gasteiger partial charge in [-0.2, -0.15) is 0 Å². The molecule has 0 radical (unpaired) electrons. The third-order valence-electron chi connectivity index (χ3n) is 5.70.